The third-order valence-electron chi connectivity index (χ3n) is 3.32. The van der Waals surface area contributed by atoms with Crippen LogP contribution in [0.2, 0.25) is 0 Å². The summed E-state index contributed by atoms with van der Waals surface area (Å²) in [6, 6.07) is 8.16. The SMILES string of the molecule is Cc1nnc(N2CC[C@@H](O)C2)c2ccccc12. The standard InChI is InChI=1S/C13H15N3O/c1-9-11-4-2-3-5-12(11)13(15-14-9)16-7-6-10(17)8-16/h2-5,10,17H,6-8H2,1H3/t10-/m1/s1. The molecule has 88 valence electrons. The Morgan fingerprint density at radius 1 is 1.24 bits per heavy atom. The summed E-state index contributed by atoms with van der Waals surface area (Å²) in [7, 11) is 0. The van der Waals surface area contributed by atoms with E-state index in [1.807, 2.05) is 19.1 Å². The van der Waals surface area contributed by atoms with Crippen molar-refractivity contribution in [1.82, 2.24) is 10.2 Å². The molecule has 0 unspecified atom stereocenters. The fourth-order valence-electron chi connectivity index (χ4n) is 2.39. The highest BCUT2D eigenvalue weighted by Gasteiger charge is 2.23. The van der Waals surface area contributed by atoms with Crippen molar-refractivity contribution in [3.05, 3.63) is 30.0 Å². The second-order valence-corrected chi connectivity index (χ2v) is 4.54. The molecule has 1 aliphatic rings. The van der Waals surface area contributed by atoms with Crippen LogP contribution in [0, 0.1) is 6.92 Å². The van der Waals surface area contributed by atoms with Gasteiger partial charge in [-0.2, -0.15) is 5.10 Å². The summed E-state index contributed by atoms with van der Waals surface area (Å²) in [5.41, 5.74) is 0.948. The van der Waals surface area contributed by atoms with E-state index in [0.717, 1.165) is 35.2 Å². The van der Waals surface area contributed by atoms with Gasteiger partial charge in [0, 0.05) is 23.9 Å². The number of fused-ring (bicyclic) bond motifs is 1. The zero-order valence-electron chi connectivity index (χ0n) is 9.80. The summed E-state index contributed by atoms with van der Waals surface area (Å²) < 4.78 is 0. The van der Waals surface area contributed by atoms with Crippen LogP contribution in [-0.2, 0) is 0 Å². The maximum Gasteiger partial charge on any atom is 0.159 e. The topological polar surface area (TPSA) is 49.2 Å². The zero-order valence-corrected chi connectivity index (χ0v) is 9.80. The van der Waals surface area contributed by atoms with E-state index in [1.165, 1.54) is 0 Å². The highest BCUT2D eigenvalue weighted by Crippen LogP contribution is 2.27. The molecule has 1 aliphatic heterocycles. The van der Waals surface area contributed by atoms with Crippen molar-refractivity contribution in [2.75, 3.05) is 18.0 Å². The van der Waals surface area contributed by atoms with Crippen LogP contribution in [0.3, 0.4) is 0 Å². The molecule has 1 atom stereocenters. The monoisotopic (exact) mass is 229 g/mol. The smallest absolute Gasteiger partial charge is 0.159 e. The summed E-state index contributed by atoms with van der Waals surface area (Å²) in [6.07, 6.45) is 0.570. The lowest BCUT2D eigenvalue weighted by molar-refractivity contribution is 0.198. The van der Waals surface area contributed by atoms with Crippen molar-refractivity contribution in [3.63, 3.8) is 0 Å². The molecule has 2 heterocycles. The number of nitrogens with zero attached hydrogens (tertiary/aromatic N) is 3. The number of aliphatic hydroxyl groups is 1. The molecule has 1 N–H and O–H groups in total. The molecule has 0 spiro atoms. The number of hydrogen-bond acceptors (Lipinski definition) is 4. The summed E-state index contributed by atoms with van der Waals surface area (Å²) in [4.78, 5) is 2.11. The molecule has 0 bridgehead atoms. The van der Waals surface area contributed by atoms with Crippen LogP contribution in [0.25, 0.3) is 10.8 Å². The normalized spacial score (nSPS) is 20.1. The highest BCUT2D eigenvalue weighted by atomic mass is 16.3. The lowest BCUT2D eigenvalue weighted by Gasteiger charge is -2.18. The Morgan fingerprint density at radius 2 is 2.00 bits per heavy atom. The Bertz CT molecular complexity index is 555. The first-order valence-corrected chi connectivity index (χ1v) is 5.91. The quantitative estimate of drug-likeness (QED) is 0.805. The first-order valence-electron chi connectivity index (χ1n) is 5.91. The predicted molar refractivity (Wildman–Crippen MR) is 67.1 cm³/mol. The average molecular weight is 229 g/mol. The summed E-state index contributed by atoms with van der Waals surface area (Å²) >= 11 is 0. The fraction of sp³-hybridized carbons (Fsp3) is 0.385. The number of benzene rings is 1. The van der Waals surface area contributed by atoms with Crippen molar-refractivity contribution in [2.45, 2.75) is 19.4 Å². The van der Waals surface area contributed by atoms with Gasteiger partial charge in [0.2, 0.25) is 0 Å². The maximum atomic E-state index is 9.60. The van der Waals surface area contributed by atoms with E-state index in [2.05, 4.69) is 27.2 Å². The number of β-amino-alcohol motifs (C(OH)–C–C–N with tert-alkyl or cyclic N) is 1. The van der Waals surface area contributed by atoms with E-state index in [4.69, 9.17) is 0 Å². The molecule has 4 heteroatoms. The second kappa shape index (κ2) is 3.96. The highest BCUT2D eigenvalue weighted by molar-refractivity contribution is 5.93. The Balaban J connectivity index is 2.14. The minimum Gasteiger partial charge on any atom is -0.391 e. The number of rotatable bonds is 1. The fourth-order valence-corrected chi connectivity index (χ4v) is 2.39. The van der Waals surface area contributed by atoms with Gasteiger partial charge < -0.3 is 10.0 Å². The third-order valence-corrected chi connectivity index (χ3v) is 3.32. The lowest BCUT2D eigenvalue weighted by Crippen LogP contribution is -2.23. The van der Waals surface area contributed by atoms with Crippen molar-refractivity contribution in [2.24, 2.45) is 0 Å². The van der Waals surface area contributed by atoms with Crippen LogP contribution in [0.1, 0.15) is 12.1 Å². The number of aliphatic hydroxyl groups excluding tert-OH is 1. The van der Waals surface area contributed by atoms with Gasteiger partial charge in [-0.05, 0) is 13.3 Å². The van der Waals surface area contributed by atoms with Crippen molar-refractivity contribution in [3.8, 4) is 0 Å². The van der Waals surface area contributed by atoms with Gasteiger partial charge in [-0.1, -0.05) is 24.3 Å². The molecule has 0 saturated carbocycles. The van der Waals surface area contributed by atoms with E-state index in [0.29, 0.717) is 6.54 Å². The molecule has 4 nitrogen and oxygen atoms in total. The summed E-state index contributed by atoms with van der Waals surface area (Å²) in [6.45, 7) is 3.47. The van der Waals surface area contributed by atoms with E-state index in [1.54, 1.807) is 0 Å². The minimum atomic E-state index is -0.239. The van der Waals surface area contributed by atoms with Gasteiger partial charge in [-0.25, -0.2) is 0 Å². The van der Waals surface area contributed by atoms with Gasteiger partial charge in [-0.3, -0.25) is 0 Å². The molecule has 1 saturated heterocycles. The van der Waals surface area contributed by atoms with Gasteiger partial charge in [-0.15, -0.1) is 5.10 Å². The molecule has 0 radical (unpaired) electrons. The second-order valence-electron chi connectivity index (χ2n) is 4.54. The molecule has 2 aromatic rings. The van der Waals surface area contributed by atoms with Crippen molar-refractivity contribution in [1.29, 1.82) is 0 Å². The number of hydrogen-bond donors (Lipinski definition) is 1. The van der Waals surface area contributed by atoms with Crippen LogP contribution < -0.4 is 4.90 Å². The number of anilines is 1. The number of aromatic nitrogens is 2. The Kier molecular flexibility index (Phi) is 2.44. The van der Waals surface area contributed by atoms with E-state index < -0.39 is 0 Å². The Hall–Kier alpha value is -1.68. The molecule has 0 aliphatic carbocycles. The first-order chi connectivity index (χ1) is 8.25. The molecular weight excluding hydrogens is 214 g/mol. The molecule has 1 aromatic carbocycles. The van der Waals surface area contributed by atoms with Crippen LogP contribution in [0.15, 0.2) is 24.3 Å². The van der Waals surface area contributed by atoms with E-state index in [9.17, 15) is 5.11 Å². The number of aryl methyl sites for hydroxylation is 1. The van der Waals surface area contributed by atoms with Gasteiger partial charge in [0.05, 0.1) is 11.8 Å². The van der Waals surface area contributed by atoms with Gasteiger partial charge in [0.25, 0.3) is 0 Å². The van der Waals surface area contributed by atoms with Crippen LogP contribution in [0.4, 0.5) is 5.82 Å². The van der Waals surface area contributed by atoms with Gasteiger partial charge in [0.1, 0.15) is 0 Å². The maximum absolute atomic E-state index is 9.60. The molecule has 1 fully saturated rings. The van der Waals surface area contributed by atoms with Crippen molar-refractivity contribution < 1.29 is 5.11 Å². The molecule has 17 heavy (non-hydrogen) atoms. The molecule has 1 aromatic heterocycles. The summed E-state index contributed by atoms with van der Waals surface area (Å²) in [5.74, 6) is 0.891. The zero-order chi connectivity index (χ0) is 11.8. The lowest BCUT2D eigenvalue weighted by atomic mass is 10.1. The Morgan fingerprint density at radius 3 is 2.71 bits per heavy atom. The third kappa shape index (κ3) is 1.74. The largest absolute Gasteiger partial charge is 0.391 e. The molecular formula is C13H15N3O. The van der Waals surface area contributed by atoms with Crippen LogP contribution in [-0.4, -0.2) is 34.5 Å². The summed E-state index contributed by atoms with van der Waals surface area (Å²) in [5, 5.41) is 20.3. The van der Waals surface area contributed by atoms with Crippen LogP contribution >= 0.6 is 0 Å². The molecule has 0 amide bonds. The van der Waals surface area contributed by atoms with Gasteiger partial charge in [0.15, 0.2) is 5.82 Å². The van der Waals surface area contributed by atoms with E-state index >= 15 is 0 Å². The first kappa shape index (κ1) is 10.5. The van der Waals surface area contributed by atoms with Crippen molar-refractivity contribution >= 4 is 16.6 Å². The van der Waals surface area contributed by atoms with Gasteiger partial charge >= 0.3 is 0 Å². The predicted octanol–water partition coefficient (Wildman–Crippen LogP) is 1.51. The van der Waals surface area contributed by atoms with E-state index in [-0.39, 0.29) is 6.10 Å². The molecule has 3 rings (SSSR count). The average Bonchev–Trinajstić information content (AvgIpc) is 2.77. The minimum absolute atomic E-state index is 0.239. The van der Waals surface area contributed by atoms with Crippen LogP contribution in [0.5, 0.6) is 0 Å². The Labute approximate surface area is 99.9 Å².